The van der Waals surface area contributed by atoms with Crippen LogP contribution in [0.4, 0.5) is 0 Å². The normalized spacial score (nSPS) is 11.9. The second kappa shape index (κ2) is 6.66. The molecule has 0 heterocycles. The van der Waals surface area contributed by atoms with E-state index >= 15 is 0 Å². The molecule has 0 fully saturated rings. The van der Waals surface area contributed by atoms with E-state index in [1.165, 1.54) is 0 Å². The monoisotopic (exact) mass is 185 g/mol. The summed E-state index contributed by atoms with van der Waals surface area (Å²) in [5, 5.41) is 0. The van der Waals surface area contributed by atoms with Crippen LogP contribution in [0.3, 0.4) is 0 Å². The van der Waals surface area contributed by atoms with Crippen molar-refractivity contribution in [3.8, 4) is 0 Å². The van der Waals surface area contributed by atoms with Crippen molar-refractivity contribution in [3.63, 3.8) is 0 Å². The fourth-order valence-corrected chi connectivity index (χ4v) is 0.908. The predicted molar refractivity (Wildman–Crippen MR) is 53.0 cm³/mol. The van der Waals surface area contributed by atoms with Gasteiger partial charge in [0.1, 0.15) is 0 Å². The summed E-state index contributed by atoms with van der Waals surface area (Å²) in [5.74, 6) is 0.301. The van der Waals surface area contributed by atoms with Gasteiger partial charge in [-0.05, 0) is 18.8 Å². The molecule has 0 aliphatic heterocycles. The van der Waals surface area contributed by atoms with Gasteiger partial charge in [-0.2, -0.15) is 5.48 Å². The molecule has 0 bridgehead atoms. The Morgan fingerprint density at radius 3 is 2.54 bits per heavy atom. The van der Waals surface area contributed by atoms with Gasteiger partial charge in [-0.15, -0.1) is 0 Å². The van der Waals surface area contributed by atoms with Crippen LogP contribution < -0.4 is 5.48 Å². The van der Waals surface area contributed by atoms with E-state index in [1.807, 2.05) is 13.0 Å². The lowest BCUT2D eigenvalue weighted by atomic mass is 10.1. The molecule has 0 rings (SSSR count). The topological polar surface area (TPSA) is 38.3 Å². The summed E-state index contributed by atoms with van der Waals surface area (Å²) in [5.41, 5.74) is 3.12. The lowest BCUT2D eigenvalue weighted by Crippen LogP contribution is -2.16. The maximum absolute atomic E-state index is 11.2. The van der Waals surface area contributed by atoms with E-state index in [0.717, 1.165) is 12.0 Å². The lowest BCUT2D eigenvalue weighted by Gasteiger charge is -2.05. The molecule has 0 atom stereocenters. The largest absolute Gasteiger partial charge is 0.367 e. The highest BCUT2D eigenvalue weighted by atomic mass is 16.7. The second-order valence-corrected chi connectivity index (χ2v) is 3.31. The molecule has 13 heavy (non-hydrogen) atoms. The van der Waals surface area contributed by atoms with Crippen LogP contribution in [0.15, 0.2) is 11.6 Å². The molecular formula is C10H19NO2. The third-order valence-electron chi connectivity index (χ3n) is 1.67. The zero-order valence-electron chi connectivity index (χ0n) is 8.89. The number of carbonyl (C=O) groups excluding carboxylic acids is 1. The molecule has 0 aromatic rings. The van der Waals surface area contributed by atoms with Crippen LogP contribution in [0.2, 0.25) is 0 Å². The summed E-state index contributed by atoms with van der Waals surface area (Å²) in [6.07, 6.45) is 3.58. The average Bonchev–Trinajstić information content (AvgIpc) is 2.05. The summed E-state index contributed by atoms with van der Waals surface area (Å²) >= 11 is 0. The predicted octanol–water partition coefficient (Wildman–Crippen LogP) is 2.05. The molecule has 0 unspecified atom stereocenters. The van der Waals surface area contributed by atoms with E-state index < -0.39 is 0 Å². The van der Waals surface area contributed by atoms with Crippen LogP contribution in [0.25, 0.3) is 0 Å². The van der Waals surface area contributed by atoms with Gasteiger partial charge in [-0.25, -0.2) is 4.79 Å². The molecule has 0 amide bonds. The minimum absolute atomic E-state index is 0.273. The van der Waals surface area contributed by atoms with Crippen LogP contribution in [-0.2, 0) is 9.63 Å². The van der Waals surface area contributed by atoms with Crippen LogP contribution in [0.5, 0.6) is 0 Å². The van der Waals surface area contributed by atoms with Crippen molar-refractivity contribution < 1.29 is 9.63 Å². The fourth-order valence-electron chi connectivity index (χ4n) is 0.908. The number of rotatable bonds is 5. The molecular weight excluding hydrogens is 166 g/mol. The van der Waals surface area contributed by atoms with Gasteiger partial charge in [0, 0.05) is 12.6 Å². The summed E-state index contributed by atoms with van der Waals surface area (Å²) < 4.78 is 0. The van der Waals surface area contributed by atoms with Crippen LogP contribution in [-0.4, -0.2) is 13.0 Å². The molecule has 0 aliphatic carbocycles. The van der Waals surface area contributed by atoms with Crippen molar-refractivity contribution in [3.05, 3.63) is 11.6 Å². The third-order valence-corrected chi connectivity index (χ3v) is 1.67. The minimum Gasteiger partial charge on any atom is -0.367 e. The highest BCUT2D eigenvalue weighted by molar-refractivity contribution is 5.88. The lowest BCUT2D eigenvalue weighted by molar-refractivity contribution is -0.145. The Hall–Kier alpha value is -0.830. The first kappa shape index (κ1) is 12.2. The standard InChI is InChI=1S/C10H19NO2/c1-5-9(7-6-8(2)3)10(12)13-11-4/h7-8,11H,5-6H2,1-4H3. The average molecular weight is 185 g/mol. The summed E-state index contributed by atoms with van der Waals surface area (Å²) in [7, 11) is 1.58. The maximum Gasteiger partial charge on any atom is 0.352 e. The molecule has 1 N–H and O–H groups in total. The first-order valence-corrected chi connectivity index (χ1v) is 4.68. The van der Waals surface area contributed by atoms with Crippen molar-refractivity contribution in [2.24, 2.45) is 5.92 Å². The summed E-state index contributed by atoms with van der Waals surface area (Å²) in [6, 6.07) is 0. The van der Waals surface area contributed by atoms with Crippen molar-refractivity contribution in [1.29, 1.82) is 0 Å². The Bertz CT molecular complexity index is 185. The van der Waals surface area contributed by atoms with Gasteiger partial charge in [0.2, 0.25) is 0 Å². The van der Waals surface area contributed by atoms with Gasteiger partial charge in [0.15, 0.2) is 0 Å². The zero-order valence-corrected chi connectivity index (χ0v) is 8.89. The quantitative estimate of drug-likeness (QED) is 0.526. The Labute approximate surface area is 80.1 Å². The Morgan fingerprint density at radius 2 is 2.15 bits per heavy atom. The Kier molecular flexibility index (Phi) is 6.24. The highest BCUT2D eigenvalue weighted by Gasteiger charge is 2.07. The molecule has 0 saturated carbocycles. The van der Waals surface area contributed by atoms with Crippen molar-refractivity contribution in [2.75, 3.05) is 7.05 Å². The van der Waals surface area contributed by atoms with Crippen LogP contribution >= 0.6 is 0 Å². The third kappa shape index (κ3) is 5.42. The number of hydroxylamine groups is 1. The van der Waals surface area contributed by atoms with E-state index in [1.54, 1.807) is 7.05 Å². The van der Waals surface area contributed by atoms with Crippen molar-refractivity contribution >= 4 is 5.97 Å². The molecule has 0 spiro atoms. The molecule has 3 heteroatoms. The van der Waals surface area contributed by atoms with Crippen LogP contribution in [0.1, 0.15) is 33.6 Å². The first-order chi connectivity index (χ1) is 6.11. The SMILES string of the molecule is CCC(=CCC(C)C)C(=O)ONC. The summed E-state index contributed by atoms with van der Waals surface area (Å²) in [4.78, 5) is 15.9. The molecule has 76 valence electrons. The number of hydrogen-bond acceptors (Lipinski definition) is 3. The second-order valence-electron chi connectivity index (χ2n) is 3.31. The molecule has 3 nitrogen and oxygen atoms in total. The smallest absolute Gasteiger partial charge is 0.352 e. The van der Waals surface area contributed by atoms with E-state index in [-0.39, 0.29) is 5.97 Å². The fraction of sp³-hybridized carbons (Fsp3) is 0.700. The van der Waals surface area contributed by atoms with Crippen molar-refractivity contribution in [2.45, 2.75) is 33.6 Å². The van der Waals surface area contributed by atoms with Gasteiger partial charge < -0.3 is 4.84 Å². The van der Waals surface area contributed by atoms with E-state index in [2.05, 4.69) is 24.2 Å². The Morgan fingerprint density at radius 1 is 1.54 bits per heavy atom. The molecule has 0 aliphatic rings. The highest BCUT2D eigenvalue weighted by Crippen LogP contribution is 2.08. The number of nitrogens with one attached hydrogen (secondary N) is 1. The molecule has 0 radical (unpaired) electrons. The molecule has 0 aromatic heterocycles. The maximum atomic E-state index is 11.2. The first-order valence-electron chi connectivity index (χ1n) is 4.68. The number of carbonyl (C=O) groups is 1. The van der Waals surface area contributed by atoms with Gasteiger partial charge in [0.25, 0.3) is 0 Å². The number of hydrogen-bond donors (Lipinski definition) is 1. The van der Waals surface area contributed by atoms with E-state index in [9.17, 15) is 4.79 Å². The minimum atomic E-state index is -0.273. The Balaban J connectivity index is 4.14. The van der Waals surface area contributed by atoms with E-state index in [4.69, 9.17) is 0 Å². The number of allylic oxidation sites excluding steroid dienone is 1. The molecule has 0 aromatic carbocycles. The summed E-state index contributed by atoms with van der Waals surface area (Å²) in [6.45, 7) is 6.18. The van der Waals surface area contributed by atoms with Gasteiger partial charge in [-0.3, -0.25) is 0 Å². The molecule has 0 saturated heterocycles. The zero-order chi connectivity index (χ0) is 10.3. The van der Waals surface area contributed by atoms with Gasteiger partial charge >= 0.3 is 5.97 Å². The van der Waals surface area contributed by atoms with Crippen molar-refractivity contribution in [1.82, 2.24) is 5.48 Å². The van der Waals surface area contributed by atoms with Crippen LogP contribution in [0, 0.1) is 5.92 Å². The van der Waals surface area contributed by atoms with Gasteiger partial charge in [0.05, 0.1) is 0 Å². The van der Waals surface area contributed by atoms with Gasteiger partial charge in [-0.1, -0.05) is 26.8 Å². The van der Waals surface area contributed by atoms with E-state index in [0.29, 0.717) is 12.3 Å².